The molecule has 94 valence electrons. The van der Waals surface area contributed by atoms with Gasteiger partial charge in [-0.15, -0.1) is 5.10 Å². The Bertz CT molecular complexity index is 661. The van der Waals surface area contributed by atoms with E-state index in [4.69, 9.17) is 5.73 Å². The smallest absolute Gasteiger partial charge is 0.326 e. The summed E-state index contributed by atoms with van der Waals surface area (Å²) in [6.45, 7) is 0.349. The molecule has 7 heteroatoms. The highest BCUT2D eigenvalue weighted by Crippen LogP contribution is 2.22. The number of rotatable bonds is 3. The highest BCUT2D eigenvalue weighted by molar-refractivity contribution is 5.62. The number of nitrogens with two attached hydrogens (primary N) is 1. The zero-order valence-electron chi connectivity index (χ0n) is 9.80. The lowest BCUT2D eigenvalue weighted by molar-refractivity contribution is 0.869. The van der Waals surface area contributed by atoms with Gasteiger partial charge in [0.1, 0.15) is 0 Å². The molecule has 0 saturated heterocycles. The van der Waals surface area contributed by atoms with Crippen LogP contribution < -0.4 is 21.9 Å². The molecule has 0 amide bonds. The quantitative estimate of drug-likeness (QED) is 0.689. The summed E-state index contributed by atoms with van der Waals surface area (Å²) in [5.74, 6) is 0.107. The zero-order chi connectivity index (χ0) is 13.1. The molecule has 2 rings (SSSR count). The monoisotopic (exact) mass is 247 g/mol. The molecule has 0 atom stereocenters. The van der Waals surface area contributed by atoms with E-state index in [1.807, 2.05) is 24.3 Å². The van der Waals surface area contributed by atoms with E-state index < -0.39 is 11.2 Å². The van der Waals surface area contributed by atoms with Crippen LogP contribution in [0.3, 0.4) is 0 Å². The maximum absolute atomic E-state index is 11.6. The van der Waals surface area contributed by atoms with Crippen molar-refractivity contribution in [3.63, 3.8) is 0 Å². The molecule has 0 fully saturated rings. The van der Waals surface area contributed by atoms with Crippen LogP contribution in [0, 0.1) is 0 Å². The standard InChI is InChI=1S/C11H13N5O2/c1-16(8-5-3-2-4-7(8)6-12)9-10(17)13-11(18)15-14-9/h2-5H,6,12H2,1H3,(H2,13,15,17,18). The van der Waals surface area contributed by atoms with Gasteiger partial charge in [0.2, 0.25) is 5.82 Å². The third kappa shape index (κ3) is 2.16. The molecular weight excluding hydrogens is 234 g/mol. The van der Waals surface area contributed by atoms with Gasteiger partial charge in [0.25, 0.3) is 5.56 Å². The number of benzene rings is 1. The average Bonchev–Trinajstić information content (AvgIpc) is 2.38. The topological polar surface area (TPSA) is 108 Å². The van der Waals surface area contributed by atoms with Crippen molar-refractivity contribution in [2.75, 3.05) is 11.9 Å². The Labute approximate surface area is 102 Å². The molecule has 0 unspecified atom stereocenters. The van der Waals surface area contributed by atoms with Crippen molar-refractivity contribution in [1.29, 1.82) is 0 Å². The number of nitrogens with zero attached hydrogens (tertiary/aromatic N) is 2. The Morgan fingerprint density at radius 3 is 2.72 bits per heavy atom. The molecule has 1 aromatic carbocycles. The van der Waals surface area contributed by atoms with E-state index in [1.54, 1.807) is 11.9 Å². The Morgan fingerprint density at radius 2 is 2.06 bits per heavy atom. The maximum Gasteiger partial charge on any atom is 0.342 e. The van der Waals surface area contributed by atoms with Crippen molar-refractivity contribution >= 4 is 11.5 Å². The summed E-state index contributed by atoms with van der Waals surface area (Å²) in [6.07, 6.45) is 0. The Balaban J connectivity index is 2.51. The van der Waals surface area contributed by atoms with Gasteiger partial charge in [0, 0.05) is 19.3 Å². The van der Waals surface area contributed by atoms with E-state index in [1.165, 1.54) is 0 Å². The lowest BCUT2D eigenvalue weighted by atomic mass is 10.1. The summed E-state index contributed by atoms with van der Waals surface area (Å²) >= 11 is 0. The van der Waals surface area contributed by atoms with Gasteiger partial charge in [0.05, 0.1) is 0 Å². The van der Waals surface area contributed by atoms with Crippen molar-refractivity contribution in [3.05, 3.63) is 50.7 Å². The number of hydrogen-bond acceptors (Lipinski definition) is 5. The van der Waals surface area contributed by atoms with Crippen molar-refractivity contribution in [2.45, 2.75) is 6.54 Å². The molecule has 1 aromatic heterocycles. The van der Waals surface area contributed by atoms with Crippen LogP contribution in [0.25, 0.3) is 0 Å². The fraction of sp³-hybridized carbons (Fsp3) is 0.182. The molecule has 4 N–H and O–H groups in total. The van der Waals surface area contributed by atoms with Crippen LogP contribution in [0.15, 0.2) is 33.9 Å². The molecule has 2 aromatic rings. The van der Waals surface area contributed by atoms with E-state index in [-0.39, 0.29) is 5.82 Å². The number of hydrogen-bond donors (Lipinski definition) is 3. The van der Waals surface area contributed by atoms with Gasteiger partial charge in [0.15, 0.2) is 0 Å². The van der Waals surface area contributed by atoms with Crippen LogP contribution in [-0.2, 0) is 6.54 Å². The van der Waals surface area contributed by atoms with Crippen LogP contribution in [0.2, 0.25) is 0 Å². The lowest BCUT2D eigenvalue weighted by Crippen LogP contribution is -2.30. The van der Waals surface area contributed by atoms with Gasteiger partial charge in [-0.3, -0.25) is 9.78 Å². The van der Waals surface area contributed by atoms with E-state index in [0.717, 1.165) is 11.3 Å². The van der Waals surface area contributed by atoms with Crippen LogP contribution in [-0.4, -0.2) is 22.2 Å². The molecule has 0 bridgehead atoms. The van der Waals surface area contributed by atoms with Crippen LogP contribution >= 0.6 is 0 Å². The zero-order valence-corrected chi connectivity index (χ0v) is 9.80. The predicted molar refractivity (Wildman–Crippen MR) is 67.9 cm³/mol. The van der Waals surface area contributed by atoms with E-state index in [2.05, 4.69) is 15.2 Å². The molecule has 1 heterocycles. The second-order valence-corrected chi connectivity index (χ2v) is 3.72. The van der Waals surface area contributed by atoms with Crippen molar-refractivity contribution in [1.82, 2.24) is 15.2 Å². The molecular formula is C11H13N5O2. The Morgan fingerprint density at radius 1 is 1.33 bits per heavy atom. The van der Waals surface area contributed by atoms with E-state index in [9.17, 15) is 9.59 Å². The van der Waals surface area contributed by atoms with Crippen molar-refractivity contribution in [2.24, 2.45) is 5.73 Å². The first-order valence-electron chi connectivity index (χ1n) is 5.34. The maximum atomic E-state index is 11.6. The van der Waals surface area contributed by atoms with Gasteiger partial charge in [-0.2, -0.15) is 0 Å². The van der Waals surface area contributed by atoms with Crippen molar-refractivity contribution < 1.29 is 0 Å². The number of H-pyrrole nitrogens is 2. The predicted octanol–water partition coefficient (Wildman–Crippen LogP) is -0.315. The second-order valence-electron chi connectivity index (χ2n) is 3.72. The van der Waals surface area contributed by atoms with Gasteiger partial charge in [-0.05, 0) is 11.6 Å². The summed E-state index contributed by atoms with van der Waals surface area (Å²) in [5.41, 5.74) is 6.11. The van der Waals surface area contributed by atoms with Crippen LogP contribution in [0.1, 0.15) is 5.56 Å². The van der Waals surface area contributed by atoms with Crippen LogP contribution in [0.5, 0.6) is 0 Å². The molecule has 7 nitrogen and oxygen atoms in total. The fourth-order valence-corrected chi connectivity index (χ4v) is 1.69. The first kappa shape index (κ1) is 12.1. The lowest BCUT2D eigenvalue weighted by Gasteiger charge is -2.19. The summed E-state index contributed by atoms with van der Waals surface area (Å²) in [6, 6.07) is 7.40. The Hall–Kier alpha value is -2.41. The summed E-state index contributed by atoms with van der Waals surface area (Å²) in [5, 5.41) is 5.93. The normalized spacial score (nSPS) is 10.3. The summed E-state index contributed by atoms with van der Waals surface area (Å²) < 4.78 is 0. The average molecular weight is 247 g/mol. The fourth-order valence-electron chi connectivity index (χ4n) is 1.69. The number of para-hydroxylation sites is 1. The van der Waals surface area contributed by atoms with Crippen LogP contribution in [0.4, 0.5) is 11.5 Å². The molecule has 0 saturated carbocycles. The van der Waals surface area contributed by atoms with Crippen molar-refractivity contribution in [3.8, 4) is 0 Å². The highest BCUT2D eigenvalue weighted by Gasteiger charge is 2.12. The van der Waals surface area contributed by atoms with Gasteiger partial charge < -0.3 is 10.6 Å². The molecule has 0 aliphatic heterocycles. The first-order valence-corrected chi connectivity index (χ1v) is 5.34. The number of anilines is 2. The largest absolute Gasteiger partial charge is 0.342 e. The number of nitrogens with one attached hydrogen (secondary N) is 2. The van der Waals surface area contributed by atoms with E-state index >= 15 is 0 Å². The molecule has 0 spiro atoms. The van der Waals surface area contributed by atoms with Gasteiger partial charge in [-0.1, -0.05) is 18.2 Å². The SMILES string of the molecule is CN(c1ccccc1CN)c1n[nH]c(=O)[nH]c1=O. The van der Waals surface area contributed by atoms with Gasteiger partial charge >= 0.3 is 5.69 Å². The first-order chi connectivity index (χ1) is 8.63. The Kier molecular flexibility index (Phi) is 3.24. The number of aromatic amines is 2. The molecule has 0 aliphatic carbocycles. The third-order valence-corrected chi connectivity index (χ3v) is 2.58. The third-order valence-electron chi connectivity index (χ3n) is 2.58. The number of aromatic nitrogens is 3. The second kappa shape index (κ2) is 4.84. The van der Waals surface area contributed by atoms with Gasteiger partial charge in [-0.25, -0.2) is 9.89 Å². The minimum Gasteiger partial charge on any atom is -0.326 e. The molecule has 0 radical (unpaired) electrons. The minimum atomic E-state index is -0.635. The molecule has 18 heavy (non-hydrogen) atoms. The summed E-state index contributed by atoms with van der Waals surface area (Å²) in [7, 11) is 1.68. The minimum absolute atomic E-state index is 0.107. The highest BCUT2D eigenvalue weighted by atomic mass is 16.2. The molecule has 0 aliphatic rings. The summed E-state index contributed by atoms with van der Waals surface area (Å²) in [4.78, 5) is 26.3. The van der Waals surface area contributed by atoms with E-state index in [0.29, 0.717) is 6.54 Å².